The van der Waals surface area contributed by atoms with E-state index in [-0.39, 0.29) is 15.8 Å². The van der Waals surface area contributed by atoms with Gasteiger partial charge in [0.2, 0.25) is 0 Å². The van der Waals surface area contributed by atoms with Gasteiger partial charge in [-0.2, -0.15) is 0 Å². The van der Waals surface area contributed by atoms with Crippen molar-refractivity contribution in [1.29, 1.82) is 0 Å². The lowest BCUT2D eigenvalue weighted by molar-refractivity contribution is 0.447. The lowest BCUT2D eigenvalue weighted by Gasteiger charge is -2.57. The predicted octanol–water partition coefficient (Wildman–Crippen LogP) is 10.5. The molecule has 172 valence electrons. The normalized spacial score (nSPS) is 26.3. The smallest absolute Gasteiger partial charge is 0.0116 e. The van der Waals surface area contributed by atoms with E-state index in [0.717, 1.165) is 15.2 Å². The highest BCUT2D eigenvalue weighted by Gasteiger charge is 2.59. The van der Waals surface area contributed by atoms with Gasteiger partial charge in [0.25, 0.3) is 0 Å². The number of rotatable bonds is 14. The molecule has 0 nitrogen and oxygen atoms in total. The Morgan fingerprint density at radius 1 is 0.552 bits per heavy atom. The molecule has 0 saturated carbocycles. The van der Waals surface area contributed by atoms with Gasteiger partial charge >= 0.3 is 0 Å². The Morgan fingerprint density at radius 3 is 1.17 bits per heavy atom. The molecule has 2 aliphatic heterocycles. The Labute approximate surface area is 187 Å². The van der Waals surface area contributed by atoms with Gasteiger partial charge in [0.05, 0.1) is 0 Å². The lowest BCUT2D eigenvalue weighted by atomic mass is 9.93. The maximum Gasteiger partial charge on any atom is 0.0116 e. The molecule has 0 N–H and O–H groups in total. The summed E-state index contributed by atoms with van der Waals surface area (Å²) in [4.78, 5) is 0.760. The molecule has 2 rings (SSSR count). The molecule has 2 heterocycles. The molecule has 0 radical (unpaired) electrons. The third-order valence-corrected chi connectivity index (χ3v) is 17.9. The van der Waals surface area contributed by atoms with Crippen molar-refractivity contribution in [3.8, 4) is 0 Å². The summed E-state index contributed by atoms with van der Waals surface area (Å²) in [6.07, 6.45) is 27.4. The molecule has 2 aliphatic rings. The van der Waals surface area contributed by atoms with Crippen LogP contribution in [-0.2, 0) is 0 Å². The Hall–Kier alpha value is 0.860. The first-order valence-corrected chi connectivity index (χ1v) is 16.7. The van der Waals surface area contributed by atoms with Gasteiger partial charge in [0, 0.05) is 4.90 Å². The summed E-state index contributed by atoms with van der Waals surface area (Å²) in [7, 11) is 0.348. The van der Waals surface area contributed by atoms with E-state index >= 15 is 0 Å². The Kier molecular flexibility index (Phi) is 11.0. The first-order valence-electron chi connectivity index (χ1n) is 13.6. The minimum Gasteiger partial charge on any atom is -0.0895 e. The van der Waals surface area contributed by atoms with Gasteiger partial charge in [-0.1, -0.05) is 95.9 Å². The fraction of sp³-hybridized carbons (Fsp3) is 1.00. The van der Waals surface area contributed by atoms with Crippen molar-refractivity contribution >= 4 is 15.8 Å². The fourth-order valence-electron chi connectivity index (χ4n) is 7.94. The monoisotopic (exact) mass is 440 g/mol. The van der Waals surface area contributed by atoms with Gasteiger partial charge in [-0.15, -0.1) is 0 Å². The summed E-state index contributed by atoms with van der Waals surface area (Å²) >= 11 is 0. The molecule has 2 saturated heterocycles. The second-order valence-electron chi connectivity index (χ2n) is 10.4. The average molecular weight is 441 g/mol. The van der Waals surface area contributed by atoms with Gasteiger partial charge in [0.1, 0.15) is 0 Å². The standard InChI is InChI=1S/C27H54P2/c1-7-15-25(16-8-2)21-13-23-28(25)27(19-11-5,20-12-6)29-24-14-22-26(29,17-9-3)18-10-4/h7-24H2,1-6H3. The molecular weight excluding hydrogens is 386 g/mol. The molecule has 2 heteroatoms. The van der Waals surface area contributed by atoms with Gasteiger partial charge in [-0.25, -0.2) is 0 Å². The summed E-state index contributed by atoms with van der Waals surface area (Å²) in [5.74, 6) is 0. The van der Waals surface area contributed by atoms with E-state index in [1.165, 1.54) is 38.5 Å². The lowest BCUT2D eigenvalue weighted by Crippen LogP contribution is -2.40. The molecule has 2 fully saturated rings. The van der Waals surface area contributed by atoms with Crippen LogP contribution in [0.3, 0.4) is 0 Å². The first-order chi connectivity index (χ1) is 14.0. The van der Waals surface area contributed by atoms with Gasteiger partial charge in [0.15, 0.2) is 0 Å². The van der Waals surface area contributed by atoms with E-state index in [1.807, 2.05) is 0 Å². The molecule has 0 bridgehead atoms. The molecule has 0 aromatic heterocycles. The van der Waals surface area contributed by atoms with Gasteiger partial charge in [-0.05, 0) is 86.8 Å². The van der Waals surface area contributed by atoms with Crippen LogP contribution in [0.2, 0.25) is 0 Å². The van der Waals surface area contributed by atoms with Crippen LogP contribution in [0, 0.1) is 0 Å². The molecule has 2 unspecified atom stereocenters. The van der Waals surface area contributed by atoms with Crippen molar-refractivity contribution in [2.45, 2.75) is 159 Å². The molecule has 29 heavy (non-hydrogen) atoms. The summed E-state index contributed by atoms with van der Waals surface area (Å²) in [5.41, 5.74) is 0. The second-order valence-corrected chi connectivity index (χ2v) is 17.0. The number of hydrogen-bond donors (Lipinski definition) is 0. The van der Waals surface area contributed by atoms with Crippen molar-refractivity contribution < 1.29 is 0 Å². The minimum absolute atomic E-state index is 0.174. The zero-order valence-electron chi connectivity index (χ0n) is 21.1. The highest BCUT2D eigenvalue weighted by molar-refractivity contribution is 7.79. The largest absolute Gasteiger partial charge is 0.0895 e. The van der Waals surface area contributed by atoms with Crippen LogP contribution in [-0.4, -0.2) is 27.5 Å². The van der Waals surface area contributed by atoms with Crippen LogP contribution < -0.4 is 0 Å². The predicted molar refractivity (Wildman–Crippen MR) is 140 cm³/mol. The van der Waals surface area contributed by atoms with E-state index in [4.69, 9.17) is 0 Å². The van der Waals surface area contributed by atoms with Crippen LogP contribution in [0.15, 0.2) is 0 Å². The average Bonchev–Trinajstić information content (AvgIpc) is 3.28. The zero-order valence-corrected chi connectivity index (χ0v) is 22.9. The third kappa shape index (κ3) is 5.27. The second kappa shape index (κ2) is 12.2. The van der Waals surface area contributed by atoms with E-state index in [0.29, 0.717) is 0 Å². The van der Waals surface area contributed by atoms with E-state index < -0.39 is 0 Å². The first kappa shape index (κ1) is 26.1. The van der Waals surface area contributed by atoms with Crippen LogP contribution >= 0.6 is 15.8 Å². The maximum absolute atomic E-state index is 2.52. The molecule has 0 aliphatic carbocycles. The van der Waals surface area contributed by atoms with Crippen LogP contribution in [0.4, 0.5) is 0 Å². The Balaban J connectivity index is 2.57. The van der Waals surface area contributed by atoms with E-state index in [2.05, 4.69) is 41.5 Å². The topological polar surface area (TPSA) is 0 Å². The summed E-state index contributed by atoms with van der Waals surface area (Å²) in [6.45, 7) is 14.9. The Bertz CT molecular complexity index is 403. The van der Waals surface area contributed by atoms with Crippen molar-refractivity contribution in [2.75, 3.05) is 12.3 Å². The van der Waals surface area contributed by atoms with Gasteiger partial charge < -0.3 is 0 Å². The van der Waals surface area contributed by atoms with Crippen molar-refractivity contribution in [3.05, 3.63) is 0 Å². The zero-order chi connectivity index (χ0) is 21.4. The molecule has 0 aromatic carbocycles. The summed E-state index contributed by atoms with van der Waals surface area (Å²) in [6, 6.07) is 0. The minimum atomic E-state index is 0.174. The van der Waals surface area contributed by atoms with Crippen LogP contribution in [0.5, 0.6) is 0 Å². The molecule has 2 atom stereocenters. The molecular formula is C27H54P2. The quantitative estimate of drug-likeness (QED) is 0.236. The summed E-state index contributed by atoms with van der Waals surface area (Å²) < 4.78 is 0. The highest BCUT2D eigenvalue weighted by Crippen LogP contribution is 2.85. The molecule has 0 aromatic rings. The van der Waals surface area contributed by atoms with E-state index in [9.17, 15) is 0 Å². The van der Waals surface area contributed by atoms with Crippen LogP contribution in [0.1, 0.15) is 144 Å². The number of hydrogen-bond acceptors (Lipinski definition) is 0. The highest BCUT2D eigenvalue weighted by atomic mass is 31.2. The SMILES string of the molecule is CCCC1(CCC)CCCP1C(CCC)(CCC)P1CCCC1(CCC)CCC. The molecule has 0 spiro atoms. The third-order valence-electron chi connectivity index (χ3n) is 8.36. The summed E-state index contributed by atoms with van der Waals surface area (Å²) in [5, 5.41) is 1.50. The fourth-order valence-corrected chi connectivity index (χ4v) is 20.3. The van der Waals surface area contributed by atoms with Crippen molar-refractivity contribution in [3.63, 3.8) is 0 Å². The van der Waals surface area contributed by atoms with E-state index in [1.54, 1.807) is 76.5 Å². The van der Waals surface area contributed by atoms with Crippen molar-refractivity contribution in [1.82, 2.24) is 0 Å². The van der Waals surface area contributed by atoms with Crippen molar-refractivity contribution in [2.24, 2.45) is 0 Å². The maximum atomic E-state index is 2.52. The van der Waals surface area contributed by atoms with Crippen LogP contribution in [0.25, 0.3) is 0 Å². The Morgan fingerprint density at radius 2 is 0.897 bits per heavy atom. The molecule has 0 amide bonds. The van der Waals surface area contributed by atoms with Gasteiger partial charge in [-0.3, -0.25) is 0 Å².